The van der Waals surface area contributed by atoms with Gasteiger partial charge in [-0.2, -0.15) is 4.98 Å². The number of nitrogens with zero attached hydrogens (tertiary/aromatic N) is 3. The Morgan fingerprint density at radius 3 is 2.91 bits per heavy atom. The highest BCUT2D eigenvalue weighted by molar-refractivity contribution is 9.11. The van der Waals surface area contributed by atoms with Gasteiger partial charge < -0.3 is 9.09 Å². The van der Waals surface area contributed by atoms with E-state index >= 15 is 0 Å². The van der Waals surface area contributed by atoms with Gasteiger partial charge in [0.15, 0.2) is 0 Å². The molecule has 3 rings (SSSR count). The Balaban J connectivity index is 1.73. The van der Waals surface area contributed by atoms with Crippen molar-refractivity contribution in [1.29, 1.82) is 0 Å². The van der Waals surface area contributed by atoms with E-state index < -0.39 is 10.0 Å². The van der Waals surface area contributed by atoms with Crippen LogP contribution in [0.2, 0.25) is 0 Å². The number of sulfonamides is 1. The predicted octanol–water partition coefficient (Wildman–Crippen LogP) is 2.86. The Hall–Kier alpha value is -1.49. The van der Waals surface area contributed by atoms with Crippen molar-refractivity contribution in [1.82, 2.24) is 19.4 Å². The largest absolute Gasteiger partial charge is 0.345 e. The molecule has 0 unspecified atom stereocenters. The molecule has 0 fully saturated rings. The molecule has 23 heavy (non-hydrogen) atoms. The van der Waals surface area contributed by atoms with Crippen molar-refractivity contribution >= 4 is 37.3 Å². The molecule has 0 saturated carbocycles. The second-order valence-electron chi connectivity index (χ2n) is 4.57. The molecule has 0 aliphatic carbocycles. The molecule has 3 aromatic heterocycles. The first-order chi connectivity index (χ1) is 11.0. The van der Waals surface area contributed by atoms with Gasteiger partial charge in [-0.15, -0.1) is 11.3 Å². The van der Waals surface area contributed by atoms with Crippen molar-refractivity contribution < 1.29 is 12.9 Å². The third-order valence-electron chi connectivity index (χ3n) is 3.09. The zero-order valence-electron chi connectivity index (χ0n) is 12.1. The third kappa shape index (κ3) is 3.55. The normalized spacial score (nSPS) is 11.9. The zero-order chi connectivity index (χ0) is 16.4. The smallest absolute Gasteiger partial charge is 0.250 e. The fourth-order valence-corrected chi connectivity index (χ4v) is 5.02. The molecule has 0 aromatic carbocycles. The lowest BCUT2D eigenvalue weighted by Crippen LogP contribution is -2.22. The van der Waals surface area contributed by atoms with Crippen LogP contribution in [0, 0.1) is 0 Å². The number of halogens is 1. The van der Waals surface area contributed by atoms with E-state index in [2.05, 4.69) is 30.8 Å². The molecule has 0 spiro atoms. The van der Waals surface area contributed by atoms with Gasteiger partial charge in [0.2, 0.25) is 11.7 Å². The Kier molecular flexibility index (Phi) is 4.67. The molecule has 0 aliphatic rings. The lowest BCUT2D eigenvalue weighted by Gasteiger charge is -2.01. The summed E-state index contributed by atoms with van der Waals surface area (Å²) in [6.07, 6.45) is 1.92. The van der Waals surface area contributed by atoms with Crippen LogP contribution in [-0.2, 0) is 23.1 Å². The van der Waals surface area contributed by atoms with E-state index in [1.165, 1.54) is 6.07 Å². The van der Waals surface area contributed by atoms with Crippen LogP contribution in [0.3, 0.4) is 0 Å². The third-order valence-corrected chi connectivity index (χ3v) is 6.61. The number of hydrogen-bond donors (Lipinski definition) is 1. The number of rotatable bonds is 6. The van der Waals surface area contributed by atoms with Crippen LogP contribution in [0.25, 0.3) is 11.5 Å². The Morgan fingerprint density at radius 2 is 2.22 bits per heavy atom. The molecular weight excluding hydrogens is 404 g/mol. The minimum atomic E-state index is -3.59. The molecule has 0 aliphatic heterocycles. The van der Waals surface area contributed by atoms with E-state index in [0.717, 1.165) is 27.4 Å². The molecule has 1 N–H and O–H groups in total. The topological polar surface area (TPSA) is 90.0 Å². The molecule has 0 atom stereocenters. The van der Waals surface area contributed by atoms with E-state index in [9.17, 15) is 8.42 Å². The van der Waals surface area contributed by atoms with Crippen molar-refractivity contribution in [2.75, 3.05) is 0 Å². The average Bonchev–Trinajstić information content (AvgIpc) is 3.24. The van der Waals surface area contributed by atoms with Gasteiger partial charge in [0, 0.05) is 12.7 Å². The average molecular weight is 417 g/mol. The van der Waals surface area contributed by atoms with Gasteiger partial charge >= 0.3 is 0 Å². The van der Waals surface area contributed by atoms with Crippen molar-refractivity contribution in [2.45, 2.75) is 24.2 Å². The van der Waals surface area contributed by atoms with E-state index in [4.69, 9.17) is 4.52 Å². The Bertz CT molecular complexity index is 913. The van der Waals surface area contributed by atoms with Gasteiger partial charge in [0.1, 0.15) is 4.21 Å². The van der Waals surface area contributed by atoms with Crippen LogP contribution in [-0.4, -0.2) is 23.1 Å². The summed E-state index contributed by atoms with van der Waals surface area (Å²) in [5, 5.41) is 3.90. The molecule has 10 heteroatoms. The highest BCUT2D eigenvalue weighted by Gasteiger charge is 2.18. The maximum absolute atomic E-state index is 12.1. The summed E-state index contributed by atoms with van der Waals surface area (Å²) < 4.78 is 34.8. The lowest BCUT2D eigenvalue weighted by atomic mass is 10.4. The van der Waals surface area contributed by atoms with E-state index in [1.807, 2.05) is 29.8 Å². The van der Waals surface area contributed by atoms with Gasteiger partial charge in [0.25, 0.3) is 10.0 Å². The maximum Gasteiger partial charge on any atom is 0.250 e. The van der Waals surface area contributed by atoms with Crippen LogP contribution in [0.1, 0.15) is 12.8 Å². The molecular formula is C13H13BrN4O3S2. The summed E-state index contributed by atoms with van der Waals surface area (Å²) in [5.41, 5.74) is 0.826. The summed E-state index contributed by atoms with van der Waals surface area (Å²) >= 11 is 4.38. The first-order valence-corrected chi connectivity index (χ1v) is 9.82. The maximum atomic E-state index is 12.1. The van der Waals surface area contributed by atoms with E-state index in [0.29, 0.717) is 5.82 Å². The van der Waals surface area contributed by atoms with Crippen LogP contribution in [0.15, 0.2) is 43.0 Å². The van der Waals surface area contributed by atoms with Gasteiger partial charge in [-0.25, -0.2) is 13.1 Å². The van der Waals surface area contributed by atoms with Crippen molar-refractivity contribution in [3.8, 4) is 11.5 Å². The zero-order valence-corrected chi connectivity index (χ0v) is 15.3. The molecule has 3 aromatic rings. The van der Waals surface area contributed by atoms with Gasteiger partial charge in [-0.3, -0.25) is 0 Å². The fraction of sp³-hybridized carbons (Fsp3) is 0.231. The monoisotopic (exact) mass is 416 g/mol. The van der Waals surface area contributed by atoms with Crippen molar-refractivity contribution in [2.24, 2.45) is 0 Å². The number of hydrogen-bond acceptors (Lipinski definition) is 6. The van der Waals surface area contributed by atoms with Gasteiger partial charge in [-0.05, 0) is 47.1 Å². The fourth-order valence-electron chi connectivity index (χ4n) is 1.99. The van der Waals surface area contributed by atoms with Crippen molar-refractivity contribution in [3.05, 3.63) is 40.1 Å². The molecule has 122 valence electrons. The SMILES string of the molecule is CCn1cccc1-c1noc(CNS(=O)(=O)c2ccc(Br)s2)n1. The summed E-state index contributed by atoms with van der Waals surface area (Å²) in [6.45, 7) is 2.74. The number of nitrogens with one attached hydrogen (secondary N) is 1. The summed E-state index contributed by atoms with van der Waals surface area (Å²) in [7, 11) is -3.59. The number of aromatic nitrogens is 3. The van der Waals surface area contributed by atoms with Gasteiger partial charge in [0.05, 0.1) is 16.0 Å². The quantitative estimate of drug-likeness (QED) is 0.666. The second-order valence-corrected chi connectivity index (χ2v) is 9.03. The molecule has 0 radical (unpaired) electrons. The molecule has 3 heterocycles. The van der Waals surface area contributed by atoms with Crippen molar-refractivity contribution in [3.63, 3.8) is 0 Å². The summed E-state index contributed by atoms with van der Waals surface area (Å²) in [4.78, 5) is 4.23. The van der Waals surface area contributed by atoms with Gasteiger partial charge in [-0.1, -0.05) is 5.16 Å². The molecule has 0 bridgehead atoms. The standard InChI is InChI=1S/C13H13BrN4O3S2/c1-2-18-7-3-4-9(18)13-16-11(21-17-13)8-15-23(19,20)12-6-5-10(14)22-12/h3-7,15H,2,8H2,1H3. The van der Waals surface area contributed by atoms with Crippen LogP contribution in [0.5, 0.6) is 0 Å². The summed E-state index contributed by atoms with van der Waals surface area (Å²) in [6, 6.07) is 6.99. The predicted molar refractivity (Wildman–Crippen MR) is 89.4 cm³/mol. The lowest BCUT2D eigenvalue weighted by molar-refractivity contribution is 0.375. The minimum Gasteiger partial charge on any atom is -0.345 e. The van der Waals surface area contributed by atoms with Crippen LogP contribution < -0.4 is 4.72 Å². The number of thiophene rings is 1. The van der Waals surface area contributed by atoms with Crippen LogP contribution in [0.4, 0.5) is 0 Å². The van der Waals surface area contributed by atoms with E-state index in [1.54, 1.807) is 6.07 Å². The highest BCUT2D eigenvalue weighted by atomic mass is 79.9. The minimum absolute atomic E-state index is 0.0579. The molecule has 7 nitrogen and oxygen atoms in total. The highest BCUT2D eigenvalue weighted by Crippen LogP contribution is 2.26. The first-order valence-electron chi connectivity index (χ1n) is 6.72. The summed E-state index contributed by atoms with van der Waals surface area (Å²) in [5.74, 6) is 0.646. The molecule has 0 amide bonds. The Labute approximate surface area is 145 Å². The first kappa shape index (κ1) is 16.4. The van der Waals surface area contributed by atoms with Crippen LogP contribution >= 0.6 is 27.3 Å². The number of aryl methyl sites for hydroxylation is 1. The molecule has 0 saturated heterocycles. The second kappa shape index (κ2) is 6.56. The Morgan fingerprint density at radius 1 is 1.39 bits per heavy atom. The van der Waals surface area contributed by atoms with E-state index in [-0.39, 0.29) is 16.6 Å².